The van der Waals surface area contributed by atoms with Crippen molar-refractivity contribution in [2.24, 2.45) is 11.8 Å². The lowest BCUT2D eigenvalue weighted by Gasteiger charge is -2.12. The Labute approximate surface area is 121 Å². The molecule has 1 amide bonds. The zero-order valence-corrected chi connectivity index (χ0v) is 11.9. The SMILES string of the molecule is CC(C)OC(=O)Nc1cc(F)c([C@H]2[C@@H]3COC[C@@H]32)c(F)c1. The van der Waals surface area contributed by atoms with Gasteiger partial charge in [-0.15, -0.1) is 0 Å². The molecule has 6 heteroatoms. The van der Waals surface area contributed by atoms with Gasteiger partial charge >= 0.3 is 6.09 Å². The molecule has 2 fully saturated rings. The van der Waals surface area contributed by atoms with E-state index in [0.717, 1.165) is 12.1 Å². The van der Waals surface area contributed by atoms with Gasteiger partial charge in [0.1, 0.15) is 11.6 Å². The lowest BCUT2D eigenvalue weighted by molar-refractivity contribution is 0.130. The van der Waals surface area contributed by atoms with Crippen LogP contribution in [0.15, 0.2) is 12.1 Å². The first-order chi connectivity index (χ1) is 9.97. The van der Waals surface area contributed by atoms with Crippen LogP contribution in [0.4, 0.5) is 19.3 Å². The maximum atomic E-state index is 14.1. The average Bonchev–Trinajstić information content (AvgIpc) is 2.80. The Morgan fingerprint density at radius 3 is 2.38 bits per heavy atom. The number of carbonyl (C=O) groups excluding carboxylic acids is 1. The summed E-state index contributed by atoms with van der Waals surface area (Å²) in [4.78, 5) is 11.4. The average molecular weight is 297 g/mol. The number of carbonyl (C=O) groups is 1. The number of rotatable bonds is 3. The molecule has 1 N–H and O–H groups in total. The highest BCUT2D eigenvalue weighted by Gasteiger charge is 2.56. The molecule has 1 saturated carbocycles. The van der Waals surface area contributed by atoms with Gasteiger partial charge in [0, 0.05) is 17.2 Å². The van der Waals surface area contributed by atoms with Crippen LogP contribution < -0.4 is 5.32 Å². The molecule has 1 aromatic rings. The van der Waals surface area contributed by atoms with E-state index in [1.54, 1.807) is 13.8 Å². The maximum absolute atomic E-state index is 14.1. The van der Waals surface area contributed by atoms with Crippen molar-refractivity contribution in [1.82, 2.24) is 0 Å². The van der Waals surface area contributed by atoms with Crippen molar-refractivity contribution >= 4 is 11.8 Å². The van der Waals surface area contributed by atoms with Crippen molar-refractivity contribution in [3.63, 3.8) is 0 Å². The van der Waals surface area contributed by atoms with Crippen LogP contribution in [-0.2, 0) is 9.47 Å². The fourth-order valence-electron chi connectivity index (χ4n) is 3.00. The largest absolute Gasteiger partial charge is 0.447 e. The molecule has 2 aliphatic rings. The number of hydrogen-bond acceptors (Lipinski definition) is 3. The number of anilines is 1. The number of fused-ring (bicyclic) bond motifs is 1. The molecule has 0 bridgehead atoms. The Morgan fingerprint density at radius 2 is 1.86 bits per heavy atom. The second-order valence-electron chi connectivity index (χ2n) is 5.82. The zero-order chi connectivity index (χ0) is 15.1. The predicted octanol–water partition coefficient (Wildman–Crippen LogP) is 3.28. The number of halogens is 2. The molecule has 3 atom stereocenters. The highest BCUT2D eigenvalue weighted by atomic mass is 19.1. The quantitative estimate of drug-likeness (QED) is 0.931. The zero-order valence-electron chi connectivity index (χ0n) is 11.9. The Balaban J connectivity index is 1.75. The second kappa shape index (κ2) is 5.26. The molecule has 0 spiro atoms. The van der Waals surface area contributed by atoms with E-state index in [-0.39, 0.29) is 35.1 Å². The monoisotopic (exact) mass is 297 g/mol. The fourth-order valence-corrected chi connectivity index (χ4v) is 3.00. The van der Waals surface area contributed by atoms with Crippen molar-refractivity contribution < 1.29 is 23.0 Å². The van der Waals surface area contributed by atoms with Gasteiger partial charge in [0.2, 0.25) is 0 Å². The van der Waals surface area contributed by atoms with E-state index in [1.807, 2.05) is 0 Å². The van der Waals surface area contributed by atoms with Crippen LogP contribution in [0.1, 0.15) is 25.3 Å². The number of benzene rings is 1. The van der Waals surface area contributed by atoms with Gasteiger partial charge in [-0.2, -0.15) is 0 Å². The van der Waals surface area contributed by atoms with Gasteiger partial charge in [-0.3, -0.25) is 5.32 Å². The predicted molar refractivity (Wildman–Crippen MR) is 72.1 cm³/mol. The second-order valence-corrected chi connectivity index (χ2v) is 5.82. The van der Waals surface area contributed by atoms with Crippen LogP contribution in [0, 0.1) is 23.5 Å². The maximum Gasteiger partial charge on any atom is 0.411 e. The molecule has 0 aromatic heterocycles. The minimum absolute atomic E-state index is 0.0569. The third-order valence-corrected chi connectivity index (χ3v) is 3.95. The summed E-state index contributed by atoms with van der Waals surface area (Å²) in [5.74, 6) is -0.920. The summed E-state index contributed by atoms with van der Waals surface area (Å²) in [6, 6.07) is 2.27. The number of hydrogen-bond donors (Lipinski definition) is 1. The highest BCUT2D eigenvalue weighted by Crippen LogP contribution is 2.58. The molecular weight excluding hydrogens is 280 g/mol. The van der Waals surface area contributed by atoms with Crippen LogP contribution in [0.25, 0.3) is 0 Å². The first kappa shape index (κ1) is 14.3. The van der Waals surface area contributed by atoms with Gasteiger partial charge in [-0.25, -0.2) is 13.6 Å². The summed E-state index contributed by atoms with van der Waals surface area (Å²) in [6.45, 7) is 4.51. The fraction of sp³-hybridized carbons (Fsp3) is 0.533. The third-order valence-electron chi connectivity index (χ3n) is 3.95. The molecule has 0 radical (unpaired) electrons. The Morgan fingerprint density at radius 1 is 1.29 bits per heavy atom. The molecule has 1 aromatic carbocycles. The molecule has 1 saturated heterocycles. The number of amides is 1. The summed E-state index contributed by atoms with van der Waals surface area (Å²) in [7, 11) is 0. The minimum Gasteiger partial charge on any atom is -0.447 e. The smallest absolute Gasteiger partial charge is 0.411 e. The third kappa shape index (κ3) is 2.72. The van der Waals surface area contributed by atoms with Gasteiger partial charge in [-0.05, 0) is 37.8 Å². The first-order valence-electron chi connectivity index (χ1n) is 7.01. The molecule has 4 nitrogen and oxygen atoms in total. The molecule has 21 heavy (non-hydrogen) atoms. The van der Waals surface area contributed by atoms with Gasteiger partial charge in [0.05, 0.1) is 19.3 Å². The lowest BCUT2D eigenvalue weighted by atomic mass is 10.1. The summed E-state index contributed by atoms with van der Waals surface area (Å²) in [5, 5.41) is 2.33. The van der Waals surface area contributed by atoms with Crippen molar-refractivity contribution in [3.05, 3.63) is 29.3 Å². The van der Waals surface area contributed by atoms with Crippen molar-refractivity contribution in [3.8, 4) is 0 Å². The van der Waals surface area contributed by atoms with Crippen LogP contribution >= 0.6 is 0 Å². The van der Waals surface area contributed by atoms with Crippen molar-refractivity contribution in [1.29, 1.82) is 0 Å². The van der Waals surface area contributed by atoms with Gasteiger partial charge in [0.25, 0.3) is 0 Å². The molecule has 1 aliphatic heterocycles. The van der Waals surface area contributed by atoms with Gasteiger partial charge in [-0.1, -0.05) is 0 Å². The highest BCUT2D eigenvalue weighted by molar-refractivity contribution is 5.84. The normalized spacial score (nSPS) is 26.6. The Kier molecular flexibility index (Phi) is 3.57. The Hall–Kier alpha value is -1.69. The van der Waals surface area contributed by atoms with Crippen molar-refractivity contribution in [2.75, 3.05) is 18.5 Å². The van der Waals surface area contributed by atoms with E-state index >= 15 is 0 Å². The first-order valence-corrected chi connectivity index (χ1v) is 7.01. The summed E-state index contributed by atoms with van der Waals surface area (Å²) >= 11 is 0. The summed E-state index contributed by atoms with van der Waals surface area (Å²) in [5.41, 5.74) is 0.164. The molecule has 3 rings (SSSR count). The topological polar surface area (TPSA) is 47.6 Å². The molecule has 114 valence electrons. The minimum atomic E-state index is -0.728. The molecular formula is C15H17F2NO3. The Bertz CT molecular complexity index is 543. The summed E-state index contributed by atoms with van der Waals surface area (Å²) in [6.07, 6.45) is -1.03. The molecule has 1 aliphatic carbocycles. The molecule has 0 unspecified atom stereocenters. The lowest BCUT2D eigenvalue weighted by Crippen LogP contribution is -2.18. The van der Waals surface area contributed by atoms with E-state index in [9.17, 15) is 13.6 Å². The summed E-state index contributed by atoms with van der Waals surface area (Å²) < 4.78 is 38.4. The number of ether oxygens (including phenoxy) is 2. The van der Waals surface area contributed by atoms with Crippen LogP contribution in [-0.4, -0.2) is 25.4 Å². The standard InChI is InChI=1S/C15H17F2NO3/c1-7(2)21-15(19)18-8-3-11(16)14(12(17)4-8)13-9-5-20-6-10(9)13/h3-4,7,9-10,13H,5-6H2,1-2H3,(H,18,19)/t9-,10+,13+. The van der Waals surface area contributed by atoms with Gasteiger partial charge in [0.15, 0.2) is 0 Å². The van der Waals surface area contributed by atoms with Crippen LogP contribution in [0.2, 0.25) is 0 Å². The van der Waals surface area contributed by atoms with Gasteiger partial charge < -0.3 is 9.47 Å². The van der Waals surface area contributed by atoms with E-state index in [0.29, 0.717) is 13.2 Å². The van der Waals surface area contributed by atoms with Crippen LogP contribution in [0.3, 0.4) is 0 Å². The van der Waals surface area contributed by atoms with E-state index in [1.165, 1.54) is 0 Å². The van der Waals surface area contributed by atoms with Crippen molar-refractivity contribution in [2.45, 2.75) is 25.9 Å². The van der Waals surface area contributed by atoms with Crippen LogP contribution in [0.5, 0.6) is 0 Å². The van der Waals surface area contributed by atoms with E-state index < -0.39 is 17.7 Å². The number of nitrogens with one attached hydrogen (secondary N) is 1. The van der Waals surface area contributed by atoms with E-state index in [4.69, 9.17) is 9.47 Å². The van der Waals surface area contributed by atoms with E-state index in [2.05, 4.69) is 5.32 Å². The molecule has 1 heterocycles.